The molecule has 0 saturated carbocycles. The molecule has 3 rings (SSSR count). The maximum absolute atomic E-state index is 12.2. The summed E-state index contributed by atoms with van der Waals surface area (Å²) < 4.78 is 0. The molecule has 2 amide bonds. The fourth-order valence-electron chi connectivity index (χ4n) is 3.49. The lowest BCUT2D eigenvalue weighted by molar-refractivity contribution is -0.117. The van der Waals surface area contributed by atoms with Crippen molar-refractivity contribution < 1.29 is 9.59 Å². The van der Waals surface area contributed by atoms with Crippen LogP contribution in [0, 0.1) is 0 Å². The number of anilines is 1. The standard InChI is InChI=1S/C25H33N5O2/c1-4-18(2)29-24(32)21-11-7-19(8-12-21)16-27-25(26-3)28-17-20-9-13-22(14-10-20)30-15-5-6-23(30)31/h7-14,18H,4-6,15-17H2,1-3H3,(H,29,32)(H2,26,27,28). The Morgan fingerprint density at radius 1 is 1.03 bits per heavy atom. The van der Waals surface area contributed by atoms with E-state index in [9.17, 15) is 9.59 Å². The fraction of sp³-hybridized carbons (Fsp3) is 0.400. The van der Waals surface area contributed by atoms with Crippen LogP contribution in [0.4, 0.5) is 5.69 Å². The van der Waals surface area contributed by atoms with Crippen molar-refractivity contribution in [2.75, 3.05) is 18.5 Å². The maximum atomic E-state index is 12.2. The smallest absolute Gasteiger partial charge is 0.251 e. The Bertz CT molecular complexity index is 938. The number of carbonyl (C=O) groups is 2. The van der Waals surface area contributed by atoms with E-state index in [2.05, 4.69) is 20.9 Å². The van der Waals surface area contributed by atoms with Gasteiger partial charge in [-0.3, -0.25) is 14.6 Å². The molecule has 0 aromatic heterocycles. The molecule has 1 fully saturated rings. The number of carbonyl (C=O) groups excluding carboxylic acids is 2. The predicted octanol–water partition coefficient (Wildman–Crippen LogP) is 3.21. The van der Waals surface area contributed by atoms with Crippen LogP contribution in [-0.2, 0) is 17.9 Å². The Hall–Kier alpha value is -3.35. The Kier molecular flexibility index (Phi) is 8.25. The maximum Gasteiger partial charge on any atom is 0.251 e. The van der Waals surface area contributed by atoms with Gasteiger partial charge in [0.1, 0.15) is 0 Å². The SMILES string of the molecule is CCC(C)NC(=O)c1ccc(CNC(=NC)NCc2ccc(N3CCCC3=O)cc2)cc1. The number of benzene rings is 2. The summed E-state index contributed by atoms with van der Waals surface area (Å²) in [6.07, 6.45) is 2.47. The van der Waals surface area contributed by atoms with Crippen LogP contribution in [0.15, 0.2) is 53.5 Å². The van der Waals surface area contributed by atoms with Crippen molar-refractivity contribution in [2.45, 2.75) is 52.2 Å². The first-order valence-corrected chi connectivity index (χ1v) is 11.2. The Morgan fingerprint density at radius 3 is 2.12 bits per heavy atom. The third kappa shape index (κ3) is 6.33. The minimum atomic E-state index is -0.0450. The summed E-state index contributed by atoms with van der Waals surface area (Å²) in [6.45, 7) is 6.08. The summed E-state index contributed by atoms with van der Waals surface area (Å²) in [4.78, 5) is 30.2. The van der Waals surface area contributed by atoms with Gasteiger partial charge in [0, 0.05) is 50.4 Å². The molecule has 7 heteroatoms. The molecule has 1 heterocycles. The van der Waals surface area contributed by atoms with E-state index in [0.29, 0.717) is 31.0 Å². The molecule has 0 aliphatic carbocycles. The van der Waals surface area contributed by atoms with E-state index >= 15 is 0 Å². The van der Waals surface area contributed by atoms with Crippen LogP contribution in [0.5, 0.6) is 0 Å². The van der Waals surface area contributed by atoms with Crippen molar-refractivity contribution in [3.63, 3.8) is 0 Å². The highest BCUT2D eigenvalue weighted by molar-refractivity contribution is 5.95. The number of hydrogen-bond acceptors (Lipinski definition) is 3. The highest BCUT2D eigenvalue weighted by atomic mass is 16.2. The number of nitrogens with zero attached hydrogens (tertiary/aromatic N) is 2. The number of aliphatic imine (C=N–C) groups is 1. The zero-order chi connectivity index (χ0) is 22.9. The third-order valence-corrected chi connectivity index (χ3v) is 5.67. The second kappa shape index (κ2) is 11.3. The molecule has 0 bridgehead atoms. The van der Waals surface area contributed by atoms with E-state index in [1.54, 1.807) is 7.05 Å². The van der Waals surface area contributed by atoms with Gasteiger partial charge in [0.25, 0.3) is 5.91 Å². The molecular formula is C25H33N5O2. The van der Waals surface area contributed by atoms with Gasteiger partial charge in [-0.15, -0.1) is 0 Å². The van der Waals surface area contributed by atoms with Gasteiger partial charge in [0.05, 0.1) is 0 Å². The first-order valence-electron chi connectivity index (χ1n) is 11.2. The van der Waals surface area contributed by atoms with Gasteiger partial charge in [-0.25, -0.2) is 0 Å². The van der Waals surface area contributed by atoms with Crippen LogP contribution in [0.3, 0.4) is 0 Å². The molecule has 7 nitrogen and oxygen atoms in total. The van der Waals surface area contributed by atoms with Crippen molar-refractivity contribution in [1.29, 1.82) is 0 Å². The number of nitrogens with one attached hydrogen (secondary N) is 3. The molecule has 0 radical (unpaired) electrons. The Balaban J connectivity index is 1.46. The van der Waals surface area contributed by atoms with Crippen molar-refractivity contribution in [3.8, 4) is 0 Å². The normalized spacial score (nSPS) is 14.9. The van der Waals surface area contributed by atoms with Gasteiger partial charge < -0.3 is 20.9 Å². The van der Waals surface area contributed by atoms with Crippen LogP contribution in [0.1, 0.15) is 54.6 Å². The molecule has 1 aliphatic rings. The average molecular weight is 436 g/mol. The van der Waals surface area contributed by atoms with Crippen LogP contribution in [-0.4, -0.2) is 37.4 Å². The highest BCUT2D eigenvalue weighted by Crippen LogP contribution is 2.21. The molecule has 1 saturated heterocycles. The molecule has 1 aliphatic heterocycles. The van der Waals surface area contributed by atoms with E-state index in [0.717, 1.165) is 36.2 Å². The summed E-state index contributed by atoms with van der Waals surface area (Å²) in [5.41, 5.74) is 3.79. The third-order valence-electron chi connectivity index (χ3n) is 5.67. The van der Waals surface area contributed by atoms with Gasteiger partial charge in [0.2, 0.25) is 5.91 Å². The molecular weight excluding hydrogens is 402 g/mol. The van der Waals surface area contributed by atoms with Gasteiger partial charge in [-0.2, -0.15) is 0 Å². The van der Waals surface area contributed by atoms with E-state index in [4.69, 9.17) is 0 Å². The molecule has 2 aromatic carbocycles. The number of rotatable bonds is 8. The Morgan fingerprint density at radius 2 is 1.62 bits per heavy atom. The average Bonchev–Trinajstić information content (AvgIpc) is 3.25. The first-order chi connectivity index (χ1) is 15.5. The molecule has 170 valence electrons. The largest absolute Gasteiger partial charge is 0.352 e. The van der Waals surface area contributed by atoms with E-state index in [-0.39, 0.29) is 17.9 Å². The van der Waals surface area contributed by atoms with Gasteiger partial charge in [-0.05, 0) is 55.2 Å². The molecule has 32 heavy (non-hydrogen) atoms. The van der Waals surface area contributed by atoms with Crippen LogP contribution in [0.25, 0.3) is 0 Å². The number of guanidine groups is 1. The number of hydrogen-bond donors (Lipinski definition) is 3. The fourth-order valence-corrected chi connectivity index (χ4v) is 3.49. The summed E-state index contributed by atoms with van der Waals surface area (Å²) in [7, 11) is 1.74. The van der Waals surface area contributed by atoms with Gasteiger partial charge >= 0.3 is 0 Å². The first kappa shape index (κ1) is 23.3. The molecule has 0 spiro atoms. The zero-order valence-corrected chi connectivity index (χ0v) is 19.1. The lowest BCUT2D eigenvalue weighted by Crippen LogP contribution is -2.36. The highest BCUT2D eigenvalue weighted by Gasteiger charge is 2.21. The molecule has 1 atom stereocenters. The zero-order valence-electron chi connectivity index (χ0n) is 19.1. The minimum Gasteiger partial charge on any atom is -0.352 e. The van der Waals surface area contributed by atoms with Gasteiger partial charge in [-0.1, -0.05) is 31.2 Å². The lowest BCUT2D eigenvalue weighted by atomic mass is 10.1. The number of amides is 2. The monoisotopic (exact) mass is 435 g/mol. The minimum absolute atomic E-state index is 0.0450. The summed E-state index contributed by atoms with van der Waals surface area (Å²) in [5, 5.41) is 9.57. The van der Waals surface area contributed by atoms with Crippen LogP contribution >= 0.6 is 0 Å². The topological polar surface area (TPSA) is 85.8 Å². The van der Waals surface area contributed by atoms with Crippen LogP contribution < -0.4 is 20.9 Å². The lowest BCUT2D eigenvalue weighted by Gasteiger charge is -2.16. The quantitative estimate of drug-likeness (QED) is 0.439. The molecule has 2 aromatic rings. The van der Waals surface area contributed by atoms with E-state index in [1.807, 2.05) is 67.3 Å². The molecule has 3 N–H and O–H groups in total. The van der Waals surface area contributed by atoms with Crippen molar-refractivity contribution in [2.24, 2.45) is 4.99 Å². The van der Waals surface area contributed by atoms with Crippen molar-refractivity contribution in [1.82, 2.24) is 16.0 Å². The predicted molar refractivity (Wildman–Crippen MR) is 129 cm³/mol. The summed E-state index contributed by atoms with van der Waals surface area (Å²) in [6, 6.07) is 15.8. The summed E-state index contributed by atoms with van der Waals surface area (Å²) in [5.74, 6) is 0.850. The van der Waals surface area contributed by atoms with Gasteiger partial charge in [0.15, 0.2) is 5.96 Å². The van der Waals surface area contributed by atoms with Crippen LogP contribution in [0.2, 0.25) is 0 Å². The molecule has 1 unspecified atom stereocenters. The second-order valence-corrected chi connectivity index (χ2v) is 8.07. The van der Waals surface area contributed by atoms with E-state index in [1.165, 1.54) is 0 Å². The Labute approximate surface area is 190 Å². The summed E-state index contributed by atoms with van der Waals surface area (Å²) >= 11 is 0. The van der Waals surface area contributed by atoms with E-state index < -0.39 is 0 Å². The van der Waals surface area contributed by atoms with Crippen molar-refractivity contribution in [3.05, 3.63) is 65.2 Å². The van der Waals surface area contributed by atoms with Crippen molar-refractivity contribution >= 4 is 23.5 Å². The second-order valence-electron chi connectivity index (χ2n) is 8.07.